The van der Waals surface area contributed by atoms with E-state index in [-0.39, 0.29) is 5.62 Å². The normalized spacial score (nSPS) is 12.1. The molecule has 3 heterocycles. The van der Waals surface area contributed by atoms with Crippen LogP contribution in [-0.2, 0) is 19.8 Å². The molecule has 0 aliphatic carbocycles. The second-order valence-electron chi connectivity index (χ2n) is 9.36. The van der Waals surface area contributed by atoms with Gasteiger partial charge in [0, 0.05) is 18.3 Å². The SMILES string of the molecule is Cc1cc(C(F)(F)F)nn1-c1ccc(Cn2c(=N)n(C)c3cnc(-c4ccccc4C(C)C)nc32)cc1. The van der Waals surface area contributed by atoms with Crippen LogP contribution in [0.1, 0.15) is 42.3 Å². The Bertz CT molecular complexity index is 1650. The van der Waals surface area contributed by atoms with Gasteiger partial charge in [-0.3, -0.25) is 9.98 Å². The lowest BCUT2D eigenvalue weighted by molar-refractivity contribution is -0.141. The van der Waals surface area contributed by atoms with Gasteiger partial charge in [0.05, 0.1) is 18.4 Å². The highest BCUT2D eigenvalue weighted by molar-refractivity contribution is 5.74. The van der Waals surface area contributed by atoms with Crippen molar-refractivity contribution >= 4 is 11.2 Å². The Balaban J connectivity index is 1.51. The van der Waals surface area contributed by atoms with Crippen LogP contribution in [0.3, 0.4) is 0 Å². The second kappa shape index (κ2) is 9.02. The van der Waals surface area contributed by atoms with Crippen LogP contribution in [0.25, 0.3) is 28.2 Å². The summed E-state index contributed by atoms with van der Waals surface area (Å²) in [6.45, 7) is 6.20. The summed E-state index contributed by atoms with van der Waals surface area (Å²) in [4.78, 5) is 9.46. The molecule has 0 unspecified atom stereocenters. The largest absolute Gasteiger partial charge is 0.435 e. The van der Waals surface area contributed by atoms with Crippen molar-refractivity contribution in [2.24, 2.45) is 7.05 Å². The maximum absolute atomic E-state index is 13.1. The fourth-order valence-electron chi connectivity index (χ4n) is 4.48. The van der Waals surface area contributed by atoms with Gasteiger partial charge in [0.2, 0.25) is 5.62 Å². The van der Waals surface area contributed by atoms with Crippen LogP contribution in [0.2, 0.25) is 0 Å². The highest BCUT2D eigenvalue weighted by Crippen LogP contribution is 2.30. The van der Waals surface area contributed by atoms with E-state index in [9.17, 15) is 13.2 Å². The predicted molar refractivity (Wildman–Crippen MR) is 134 cm³/mol. The minimum absolute atomic E-state index is 0.264. The van der Waals surface area contributed by atoms with E-state index in [4.69, 9.17) is 10.4 Å². The number of nitrogens with one attached hydrogen (secondary N) is 1. The lowest BCUT2D eigenvalue weighted by Gasteiger charge is -2.12. The summed E-state index contributed by atoms with van der Waals surface area (Å²) in [5.41, 5.74) is 4.61. The van der Waals surface area contributed by atoms with Crippen molar-refractivity contribution in [2.45, 2.75) is 39.4 Å². The summed E-state index contributed by atoms with van der Waals surface area (Å²) < 4.78 is 44.0. The van der Waals surface area contributed by atoms with Crippen molar-refractivity contribution in [3.05, 3.63) is 88.9 Å². The molecule has 7 nitrogen and oxygen atoms in total. The van der Waals surface area contributed by atoms with E-state index in [2.05, 4.69) is 30.0 Å². The Hall–Kier alpha value is -4.21. The minimum Gasteiger partial charge on any atom is -0.311 e. The molecule has 0 spiro atoms. The summed E-state index contributed by atoms with van der Waals surface area (Å²) >= 11 is 0. The molecule has 0 amide bonds. The van der Waals surface area contributed by atoms with Gasteiger partial charge in [-0.1, -0.05) is 50.2 Å². The van der Waals surface area contributed by atoms with E-state index in [0.717, 1.165) is 28.3 Å². The van der Waals surface area contributed by atoms with Gasteiger partial charge in [-0.25, -0.2) is 14.6 Å². The number of nitrogens with zero attached hydrogens (tertiary/aromatic N) is 6. The third kappa shape index (κ3) is 4.43. The summed E-state index contributed by atoms with van der Waals surface area (Å²) in [7, 11) is 1.80. The first-order valence-electron chi connectivity index (χ1n) is 11.8. The van der Waals surface area contributed by atoms with E-state index in [1.165, 1.54) is 4.68 Å². The smallest absolute Gasteiger partial charge is 0.311 e. The molecule has 0 bridgehead atoms. The number of halogens is 3. The maximum Gasteiger partial charge on any atom is 0.435 e. The third-order valence-corrected chi connectivity index (χ3v) is 6.46. The monoisotopic (exact) mass is 505 g/mol. The molecule has 0 aliphatic rings. The first-order chi connectivity index (χ1) is 17.5. The van der Waals surface area contributed by atoms with Crippen molar-refractivity contribution in [1.82, 2.24) is 28.9 Å². The quantitative estimate of drug-likeness (QED) is 0.338. The molecule has 2 aromatic carbocycles. The number of aryl methyl sites for hydroxylation is 2. The van der Waals surface area contributed by atoms with Gasteiger partial charge in [-0.2, -0.15) is 18.3 Å². The van der Waals surface area contributed by atoms with E-state index >= 15 is 0 Å². The van der Waals surface area contributed by atoms with Crippen LogP contribution >= 0.6 is 0 Å². The molecule has 0 fully saturated rings. The summed E-state index contributed by atoms with van der Waals surface area (Å²) in [6.07, 6.45) is -2.76. The first-order valence-corrected chi connectivity index (χ1v) is 11.8. The molecule has 37 heavy (non-hydrogen) atoms. The Morgan fingerprint density at radius 3 is 2.38 bits per heavy atom. The maximum atomic E-state index is 13.1. The Morgan fingerprint density at radius 2 is 1.73 bits per heavy atom. The number of aromatic nitrogens is 6. The molecule has 0 atom stereocenters. The van der Waals surface area contributed by atoms with Gasteiger partial charge >= 0.3 is 6.18 Å². The fourth-order valence-corrected chi connectivity index (χ4v) is 4.48. The molecule has 0 aliphatic heterocycles. The number of rotatable bonds is 5. The van der Waals surface area contributed by atoms with E-state index < -0.39 is 11.9 Å². The van der Waals surface area contributed by atoms with Crippen LogP contribution in [0, 0.1) is 12.3 Å². The molecule has 3 aromatic heterocycles. The molecule has 0 saturated carbocycles. The summed E-state index contributed by atoms with van der Waals surface area (Å²) in [6, 6.07) is 16.2. The number of hydrogen-bond donors (Lipinski definition) is 1. The van der Waals surface area contributed by atoms with E-state index in [0.29, 0.717) is 35.3 Å². The number of fused-ring (bicyclic) bond motifs is 1. The average Bonchev–Trinajstić information content (AvgIpc) is 3.38. The van der Waals surface area contributed by atoms with Crippen molar-refractivity contribution in [1.29, 1.82) is 5.41 Å². The minimum atomic E-state index is -4.50. The zero-order valence-electron chi connectivity index (χ0n) is 20.9. The third-order valence-electron chi connectivity index (χ3n) is 6.46. The number of imidazole rings is 1. The number of benzene rings is 2. The predicted octanol–water partition coefficient (Wildman–Crippen LogP) is 5.60. The van der Waals surface area contributed by atoms with Gasteiger partial charge in [0.25, 0.3) is 0 Å². The summed E-state index contributed by atoms with van der Waals surface area (Å²) in [5.74, 6) is 0.899. The molecule has 1 N–H and O–H groups in total. The standard InChI is InChI=1S/C27H26F3N7/c1-16(2)20-7-5-6-8-21(20)24-32-14-22-25(33-24)36(26(31)35(22)4)15-18-9-11-19(12-10-18)37-17(3)13-23(34-37)27(28,29)30/h5-14,16,31H,15H2,1-4H3. The Morgan fingerprint density at radius 1 is 1.03 bits per heavy atom. The summed E-state index contributed by atoms with van der Waals surface area (Å²) in [5, 5.41) is 12.4. The van der Waals surface area contributed by atoms with Gasteiger partial charge in [-0.15, -0.1) is 0 Å². The van der Waals surface area contributed by atoms with Crippen molar-refractivity contribution in [3.8, 4) is 17.1 Å². The van der Waals surface area contributed by atoms with Crippen molar-refractivity contribution < 1.29 is 13.2 Å². The topological polar surface area (TPSA) is 77.3 Å². The molecular formula is C27H26F3N7. The van der Waals surface area contributed by atoms with Crippen molar-refractivity contribution in [2.75, 3.05) is 0 Å². The van der Waals surface area contributed by atoms with Crippen LogP contribution in [0.15, 0.2) is 60.8 Å². The number of hydrogen-bond acceptors (Lipinski definition) is 4. The molecule has 5 rings (SSSR count). The van der Waals surface area contributed by atoms with Gasteiger partial charge in [0.15, 0.2) is 17.2 Å². The van der Waals surface area contributed by atoms with E-state index in [1.54, 1.807) is 41.4 Å². The fraction of sp³-hybridized carbons (Fsp3) is 0.259. The molecule has 0 saturated heterocycles. The van der Waals surface area contributed by atoms with Crippen LogP contribution in [0.4, 0.5) is 13.2 Å². The second-order valence-corrected chi connectivity index (χ2v) is 9.36. The zero-order chi connectivity index (χ0) is 26.5. The van der Waals surface area contributed by atoms with Gasteiger partial charge < -0.3 is 4.57 Å². The average molecular weight is 506 g/mol. The lowest BCUT2D eigenvalue weighted by Crippen LogP contribution is -2.23. The van der Waals surface area contributed by atoms with E-state index in [1.807, 2.05) is 30.3 Å². The molecule has 190 valence electrons. The van der Waals surface area contributed by atoms with Gasteiger partial charge in [-0.05, 0) is 42.2 Å². The molecular weight excluding hydrogens is 479 g/mol. The highest BCUT2D eigenvalue weighted by atomic mass is 19.4. The lowest BCUT2D eigenvalue weighted by atomic mass is 9.97. The molecule has 5 aromatic rings. The Labute approximate surface area is 211 Å². The molecule has 10 heteroatoms. The Kier molecular flexibility index (Phi) is 5.97. The van der Waals surface area contributed by atoms with Crippen LogP contribution < -0.4 is 5.62 Å². The molecule has 0 radical (unpaired) electrons. The first kappa shape index (κ1) is 24.5. The highest BCUT2D eigenvalue weighted by Gasteiger charge is 2.34. The van der Waals surface area contributed by atoms with Crippen LogP contribution in [-0.4, -0.2) is 28.9 Å². The zero-order valence-corrected chi connectivity index (χ0v) is 20.9. The van der Waals surface area contributed by atoms with Crippen molar-refractivity contribution in [3.63, 3.8) is 0 Å². The van der Waals surface area contributed by atoms with Crippen LogP contribution in [0.5, 0.6) is 0 Å². The van der Waals surface area contributed by atoms with Gasteiger partial charge in [0.1, 0.15) is 5.52 Å². The number of alkyl halides is 3.